The molecule has 0 spiro atoms. The number of rotatable bonds is 7. The monoisotopic (exact) mass is 1170 g/mol. The molecule has 0 fully saturated rings. The number of halogens is 17. The molecule has 0 aliphatic carbocycles. The predicted molar refractivity (Wildman–Crippen MR) is 217 cm³/mol. The summed E-state index contributed by atoms with van der Waals surface area (Å²) in [5.74, 6) is -3.73. The number of alkyl halides is 11. The molecule has 0 amide bonds. The molecule has 0 aliphatic heterocycles. The summed E-state index contributed by atoms with van der Waals surface area (Å²) in [6.45, 7) is 0. The lowest BCUT2D eigenvalue weighted by Gasteiger charge is -2.13. The number of carbonyl (C=O) groups excluding carboxylic acids is 1. The number of ketones is 1. The second-order valence-electron chi connectivity index (χ2n) is 11.0. The minimum absolute atomic E-state index is 0.0675. The van der Waals surface area contributed by atoms with Gasteiger partial charge in [-0.05, 0) is 83.4 Å². The smallest absolute Gasteiger partial charge is 0.293 e. The molecular weight excluding hydrogens is 1150 g/mol. The highest BCUT2D eigenvalue weighted by Gasteiger charge is 2.36. The lowest BCUT2D eigenvalue weighted by atomic mass is 10.1. The minimum atomic E-state index is -4.78. The van der Waals surface area contributed by atoms with Gasteiger partial charge in [0.1, 0.15) is 23.3 Å². The average Bonchev–Trinajstić information content (AvgIpc) is 3.19. The van der Waals surface area contributed by atoms with Gasteiger partial charge in [0.25, 0.3) is 5.69 Å². The van der Waals surface area contributed by atoms with Crippen LogP contribution in [0.4, 0.5) is 58.4 Å². The van der Waals surface area contributed by atoms with E-state index in [1.165, 1.54) is 48.5 Å². The van der Waals surface area contributed by atoms with Crippen LogP contribution in [0.15, 0.2) is 97.1 Å². The Hall–Kier alpha value is -3.27. The van der Waals surface area contributed by atoms with Crippen molar-refractivity contribution < 1.29 is 62.4 Å². The van der Waals surface area contributed by atoms with Gasteiger partial charge in [-0.3, -0.25) is 14.9 Å². The summed E-state index contributed by atoms with van der Waals surface area (Å²) in [7, 11) is 0. The van der Waals surface area contributed by atoms with Crippen LogP contribution in [0.5, 0.6) is 0 Å². The van der Waals surface area contributed by atoms with Crippen molar-refractivity contribution in [3.05, 3.63) is 181 Å². The molecule has 4 nitrogen and oxygen atoms in total. The molecule has 0 aliphatic rings. The van der Waals surface area contributed by atoms with E-state index in [2.05, 4.69) is 79.6 Å². The van der Waals surface area contributed by atoms with Crippen molar-refractivity contribution in [3.8, 4) is 0 Å². The van der Waals surface area contributed by atoms with Crippen LogP contribution in [0.25, 0.3) is 0 Å². The maximum Gasteiger partial charge on any atom is 0.416 e. The molecule has 21 heteroatoms. The van der Waals surface area contributed by atoms with Crippen LogP contribution < -0.4 is 0 Å². The summed E-state index contributed by atoms with van der Waals surface area (Å²) in [5, 5.41) is 11.9. The molecule has 5 rings (SSSR count). The summed E-state index contributed by atoms with van der Waals surface area (Å²) in [5.41, 5.74) is -0.969. The van der Waals surface area contributed by atoms with Gasteiger partial charge in [0.05, 0.1) is 26.9 Å². The minimum Gasteiger partial charge on any atom is -0.293 e. The van der Waals surface area contributed by atoms with Gasteiger partial charge in [-0.2, -0.15) is 26.3 Å². The Kier molecular flexibility index (Phi) is 23.8. The SMILES string of the molecule is FC(F)(F)c1cc(CBr)cc(C(F)(F)F)c1.Fc1cc(F)cc(CBr)c1.Fc1ccc(CBr)cc1F.Fc1ccc(F)c(CBr)c1.O=C(CBr)c1ccccc1[N+](=O)[O-]. The van der Waals surface area contributed by atoms with E-state index in [1.807, 2.05) is 0 Å². The number of hydrogen-bond acceptors (Lipinski definition) is 3. The summed E-state index contributed by atoms with van der Waals surface area (Å²) in [6.07, 6.45) is -9.56. The van der Waals surface area contributed by atoms with Gasteiger partial charge >= 0.3 is 12.4 Å². The standard InChI is InChI=1S/C9H5BrF6.C8H6BrNO3.3C7H5BrF2/c10-4-5-1-6(8(11,12)13)3-7(2-5)9(14,15)16;9-5-8(11)6-3-1-2-4-7(6)10(12)13;8-4-5-1-6(9)3-7(10)2-5;8-4-5-3-6(9)1-2-7(5)10;8-4-5-1-2-6(9)7(10)3-5/h1-3H,4H2;1-4H,5H2;3*1-3H,4H2. The highest BCUT2D eigenvalue weighted by Crippen LogP contribution is 2.36. The van der Waals surface area contributed by atoms with Crippen LogP contribution in [-0.4, -0.2) is 16.0 Å². The second-order valence-corrected chi connectivity index (χ2v) is 13.8. The quantitative estimate of drug-likeness (QED) is 0.0536. The van der Waals surface area contributed by atoms with Gasteiger partial charge in [-0.25, -0.2) is 26.3 Å². The third kappa shape index (κ3) is 19.8. The fraction of sp³-hybridized carbons (Fsp3) is 0.184. The van der Waals surface area contributed by atoms with Crippen LogP contribution >= 0.6 is 79.6 Å². The van der Waals surface area contributed by atoms with Crippen LogP contribution in [0.2, 0.25) is 0 Å². The maximum absolute atomic E-state index is 12.6. The van der Waals surface area contributed by atoms with Crippen molar-refractivity contribution in [2.75, 3.05) is 5.33 Å². The van der Waals surface area contributed by atoms with Gasteiger partial charge < -0.3 is 0 Å². The van der Waals surface area contributed by atoms with Gasteiger partial charge in [0, 0.05) is 39.0 Å². The highest BCUT2D eigenvalue weighted by atomic mass is 79.9. The largest absolute Gasteiger partial charge is 0.416 e. The van der Waals surface area contributed by atoms with E-state index in [4.69, 9.17) is 0 Å². The molecule has 0 atom stereocenters. The van der Waals surface area contributed by atoms with Crippen LogP contribution in [0.3, 0.4) is 0 Å². The number of nitro benzene ring substituents is 1. The van der Waals surface area contributed by atoms with E-state index in [0.29, 0.717) is 39.2 Å². The van der Waals surface area contributed by atoms with Gasteiger partial charge in [-0.15, -0.1) is 0 Å². The van der Waals surface area contributed by atoms with E-state index < -0.39 is 57.5 Å². The van der Waals surface area contributed by atoms with Crippen molar-refractivity contribution in [3.63, 3.8) is 0 Å². The number of benzene rings is 5. The molecule has 0 saturated carbocycles. The topological polar surface area (TPSA) is 60.2 Å². The fourth-order valence-corrected chi connectivity index (χ4v) is 5.72. The van der Waals surface area contributed by atoms with Crippen molar-refractivity contribution in [2.24, 2.45) is 0 Å². The van der Waals surface area contributed by atoms with E-state index in [0.717, 1.165) is 29.8 Å². The Morgan fingerprint density at radius 1 is 0.525 bits per heavy atom. The molecule has 0 radical (unpaired) electrons. The zero-order valence-electron chi connectivity index (χ0n) is 29.4. The predicted octanol–water partition coefficient (Wildman–Crippen LogP) is 15.4. The summed E-state index contributed by atoms with van der Waals surface area (Å²) in [6, 6.07) is 18.0. The second kappa shape index (κ2) is 26.2. The number of nitro groups is 1. The Morgan fingerprint density at radius 3 is 1.44 bits per heavy atom. The van der Waals surface area contributed by atoms with Crippen molar-refractivity contribution in [1.82, 2.24) is 0 Å². The Morgan fingerprint density at radius 2 is 1.02 bits per heavy atom. The lowest BCUT2D eigenvalue weighted by molar-refractivity contribution is -0.385. The third-order valence-electron chi connectivity index (χ3n) is 6.69. The molecule has 0 saturated heterocycles. The van der Waals surface area contributed by atoms with E-state index >= 15 is 0 Å². The molecule has 59 heavy (non-hydrogen) atoms. The highest BCUT2D eigenvalue weighted by molar-refractivity contribution is 9.09. The zero-order valence-corrected chi connectivity index (χ0v) is 37.3. The summed E-state index contributed by atoms with van der Waals surface area (Å²) in [4.78, 5) is 21.1. The molecule has 0 N–H and O–H groups in total. The summed E-state index contributed by atoms with van der Waals surface area (Å²) < 4.78 is 148. The normalized spacial score (nSPS) is 10.7. The third-order valence-corrected chi connectivity index (χ3v) is 9.75. The first-order valence-electron chi connectivity index (χ1n) is 15.7. The Labute approximate surface area is 371 Å². The van der Waals surface area contributed by atoms with Gasteiger partial charge in [0.15, 0.2) is 17.4 Å². The Balaban J connectivity index is 0.000000374. The first kappa shape index (κ1) is 53.7. The molecule has 0 unspecified atom stereocenters. The molecule has 0 aromatic heterocycles. The molecule has 0 heterocycles. The molecule has 0 bridgehead atoms. The number of carbonyl (C=O) groups is 1. The number of para-hydroxylation sites is 1. The fourth-order valence-electron chi connectivity index (χ4n) is 3.99. The first-order valence-corrected chi connectivity index (χ1v) is 21.3. The first-order chi connectivity index (χ1) is 27.5. The number of Topliss-reactive ketones (excluding diaryl/α,β-unsaturated/α-hetero) is 1. The van der Waals surface area contributed by atoms with Crippen molar-refractivity contribution >= 4 is 91.1 Å². The van der Waals surface area contributed by atoms with Crippen LogP contribution in [0, 0.1) is 45.0 Å². The maximum atomic E-state index is 12.6. The van der Waals surface area contributed by atoms with E-state index in [9.17, 15) is 67.6 Å². The van der Waals surface area contributed by atoms with Gasteiger partial charge in [0.2, 0.25) is 0 Å². The van der Waals surface area contributed by atoms with Crippen LogP contribution in [-0.2, 0) is 33.7 Å². The average molecular weight is 1170 g/mol. The Bertz CT molecular complexity index is 2090. The molecule has 320 valence electrons. The number of nitrogens with zero attached hydrogens (tertiary/aromatic N) is 1. The van der Waals surface area contributed by atoms with Gasteiger partial charge in [-0.1, -0.05) is 97.8 Å². The zero-order chi connectivity index (χ0) is 45.1. The van der Waals surface area contributed by atoms with Crippen LogP contribution in [0.1, 0.15) is 43.7 Å². The van der Waals surface area contributed by atoms with Crippen molar-refractivity contribution in [1.29, 1.82) is 0 Å². The molecular formula is C38H26Br5F12NO3. The van der Waals surface area contributed by atoms with Crippen molar-refractivity contribution in [2.45, 2.75) is 33.7 Å². The number of hydrogen-bond donors (Lipinski definition) is 0. The van der Waals surface area contributed by atoms with E-state index in [-0.39, 0.29) is 45.1 Å². The lowest BCUT2D eigenvalue weighted by Crippen LogP contribution is -2.11. The van der Waals surface area contributed by atoms with E-state index in [1.54, 1.807) is 6.07 Å². The molecule has 5 aromatic carbocycles. The molecule has 5 aromatic rings. The summed E-state index contributed by atoms with van der Waals surface area (Å²) >= 11 is 15.0.